The van der Waals surface area contributed by atoms with Crippen LogP contribution in [-0.2, 0) is 0 Å². The number of rotatable bonds is 2. The molecule has 2 aliphatic rings. The van der Waals surface area contributed by atoms with E-state index in [0.29, 0.717) is 11.0 Å². The van der Waals surface area contributed by atoms with Gasteiger partial charge in [-0.25, -0.2) is 4.98 Å². The van der Waals surface area contributed by atoms with Gasteiger partial charge in [-0.05, 0) is 37.9 Å². The molecule has 2 fully saturated rings. The van der Waals surface area contributed by atoms with Gasteiger partial charge in [-0.2, -0.15) is 0 Å². The highest BCUT2D eigenvalue weighted by Gasteiger charge is 2.39. The number of aromatic nitrogens is 1. The lowest BCUT2D eigenvalue weighted by Gasteiger charge is -2.33. The Morgan fingerprint density at radius 2 is 2.37 bits per heavy atom. The molecule has 1 aromatic heterocycles. The fraction of sp³-hybridized carbons (Fsp3) is 0.571. The zero-order chi connectivity index (χ0) is 13.3. The van der Waals surface area contributed by atoms with E-state index in [1.165, 1.54) is 19.3 Å². The van der Waals surface area contributed by atoms with E-state index in [0.717, 1.165) is 32.0 Å². The van der Waals surface area contributed by atoms with Crippen molar-refractivity contribution < 1.29 is 4.79 Å². The Morgan fingerprint density at radius 1 is 1.47 bits per heavy atom. The summed E-state index contributed by atoms with van der Waals surface area (Å²) in [7, 11) is 0. The first kappa shape index (κ1) is 12.4. The van der Waals surface area contributed by atoms with E-state index < -0.39 is 5.91 Å². The molecule has 0 aliphatic carbocycles. The summed E-state index contributed by atoms with van der Waals surface area (Å²) in [4.78, 5) is 17.9. The molecule has 1 aromatic rings. The molecular weight excluding hydrogens is 240 g/mol. The molecule has 2 saturated heterocycles. The lowest BCUT2D eigenvalue weighted by molar-refractivity contribution is 0.1000. The number of hydrogen-bond donors (Lipinski definition) is 2. The summed E-state index contributed by atoms with van der Waals surface area (Å²) in [5.74, 6) is 0.482. The highest BCUT2D eigenvalue weighted by atomic mass is 16.1. The Morgan fingerprint density at radius 3 is 3.11 bits per heavy atom. The minimum atomic E-state index is -0.392. The third-order valence-electron chi connectivity index (χ3n) is 4.35. The quantitative estimate of drug-likeness (QED) is 0.823. The molecule has 5 nitrogen and oxygen atoms in total. The van der Waals surface area contributed by atoms with E-state index in [4.69, 9.17) is 5.73 Å². The summed E-state index contributed by atoms with van der Waals surface area (Å²) in [5, 5.41) is 3.50. The number of nitrogens with one attached hydrogen (secondary N) is 1. The van der Waals surface area contributed by atoms with Crippen LogP contribution in [0.3, 0.4) is 0 Å². The van der Waals surface area contributed by atoms with Crippen LogP contribution in [0.4, 0.5) is 5.82 Å². The minimum Gasteiger partial charge on any atom is -0.366 e. The van der Waals surface area contributed by atoms with Crippen LogP contribution in [0.25, 0.3) is 0 Å². The second-order valence-corrected chi connectivity index (χ2v) is 5.72. The highest BCUT2D eigenvalue weighted by molar-refractivity contribution is 5.93. The van der Waals surface area contributed by atoms with E-state index >= 15 is 0 Å². The van der Waals surface area contributed by atoms with Crippen molar-refractivity contribution in [1.29, 1.82) is 0 Å². The number of amides is 1. The van der Waals surface area contributed by atoms with Gasteiger partial charge < -0.3 is 16.0 Å². The van der Waals surface area contributed by atoms with Gasteiger partial charge in [-0.15, -0.1) is 0 Å². The predicted molar refractivity (Wildman–Crippen MR) is 74.1 cm³/mol. The van der Waals surface area contributed by atoms with Crippen molar-refractivity contribution in [3.8, 4) is 0 Å². The zero-order valence-corrected chi connectivity index (χ0v) is 11.1. The Bertz CT molecular complexity index is 482. The Labute approximate surface area is 113 Å². The first-order valence-electron chi connectivity index (χ1n) is 6.90. The first-order chi connectivity index (χ1) is 9.19. The van der Waals surface area contributed by atoms with Crippen LogP contribution in [0.5, 0.6) is 0 Å². The zero-order valence-electron chi connectivity index (χ0n) is 11.1. The van der Waals surface area contributed by atoms with E-state index in [1.807, 2.05) is 0 Å². The Kier molecular flexibility index (Phi) is 3.14. The molecule has 1 unspecified atom stereocenters. The maximum absolute atomic E-state index is 11.2. The summed E-state index contributed by atoms with van der Waals surface area (Å²) in [6.07, 6.45) is 5.40. The van der Waals surface area contributed by atoms with Crippen molar-refractivity contribution in [2.45, 2.75) is 19.3 Å². The molecule has 5 heteroatoms. The van der Waals surface area contributed by atoms with Crippen LogP contribution in [-0.4, -0.2) is 37.1 Å². The van der Waals surface area contributed by atoms with Crippen LogP contribution in [0.1, 0.15) is 29.6 Å². The fourth-order valence-electron chi connectivity index (χ4n) is 3.25. The molecular formula is C14H20N4O. The van der Waals surface area contributed by atoms with E-state index in [9.17, 15) is 4.79 Å². The van der Waals surface area contributed by atoms with Crippen LogP contribution < -0.4 is 16.0 Å². The number of primary amides is 1. The van der Waals surface area contributed by atoms with Gasteiger partial charge in [0.15, 0.2) is 0 Å². The maximum Gasteiger partial charge on any atom is 0.248 e. The topological polar surface area (TPSA) is 71.2 Å². The third kappa shape index (κ3) is 2.42. The van der Waals surface area contributed by atoms with Crippen molar-refractivity contribution in [1.82, 2.24) is 10.3 Å². The molecule has 1 amide bonds. The SMILES string of the molecule is NC(=O)c1ccnc(N2CCC3(CCCNC3)C2)c1. The van der Waals surface area contributed by atoms with E-state index in [1.54, 1.807) is 18.3 Å². The molecule has 3 heterocycles. The number of nitrogens with two attached hydrogens (primary N) is 1. The van der Waals surface area contributed by atoms with Gasteiger partial charge in [0.1, 0.15) is 5.82 Å². The van der Waals surface area contributed by atoms with Gasteiger partial charge in [0.25, 0.3) is 0 Å². The summed E-state index contributed by atoms with van der Waals surface area (Å²) < 4.78 is 0. The summed E-state index contributed by atoms with van der Waals surface area (Å²) in [5.41, 5.74) is 6.25. The monoisotopic (exact) mass is 260 g/mol. The van der Waals surface area contributed by atoms with Gasteiger partial charge in [0.05, 0.1) is 0 Å². The van der Waals surface area contributed by atoms with Gasteiger partial charge in [0.2, 0.25) is 5.91 Å². The average Bonchev–Trinajstić information content (AvgIpc) is 2.83. The Hall–Kier alpha value is -1.62. The van der Waals surface area contributed by atoms with Crippen molar-refractivity contribution in [2.24, 2.45) is 11.1 Å². The second kappa shape index (κ2) is 4.81. The number of carbonyl (C=O) groups excluding carboxylic acids is 1. The number of anilines is 1. The van der Waals surface area contributed by atoms with Crippen LogP contribution in [0.2, 0.25) is 0 Å². The van der Waals surface area contributed by atoms with Crippen LogP contribution in [0.15, 0.2) is 18.3 Å². The molecule has 0 aromatic carbocycles. The van der Waals surface area contributed by atoms with Gasteiger partial charge in [-0.1, -0.05) is 0 Å². The molecule has 19 heavy (non-hydrogen) atoms. The number of nitrogens with zero attached hydrogens (tertiary/aromatic N) is 2. The lowest BCUT2D eigenvalue weighted by Crippen LogP contribution is -2.42. The van der Waals surface area contributed by atoms with E-state index in [2.05, 4.69) is 15.2 Å². The smallest absolute Gasteiger partial charge is 0.248 e. The van der Waals surface area contributed by atoms with Crippen molar-refractivity contribution in [2.75, 3.05) is 31.1 Å². The number of hydrogen-bond acceptors (Lipinski definition) is 4. The molecule has 0 saturated carbocycles. The second-order valence-electron chi connectivity index (χ2n) is 5.72. The molecule has 0 bridgehead atoms. The van der Waals surface area contributed by atoms with Gasteiger partial charge in [-0.3, -0.25) is 4.79 Å². The summed E-state index contributed by atoms with van der Waals surface area (Å²) >= 11 is 0. The highest BCUT2D eigenvalue weighted by Crippen LogP contribution is 2.37. The minimum absolute atomic E-state index is 0.392. The van der Waals surface area contributed by atoms with Gasteiger partial charge >= 0.3 is 0 Å². The standard InChI is InChI=1S/C14H20N4O/c15-13(19)11-2-6-17-12(8-11)18-7-4-14(10-18)3-1-5-16-9-14/h2,6,8,16H,1,3-5,7,9-10H2,(H2,15,19). The van der Waals surface area contributed by atoms with Crippen LogP contribution >= 0.6 is 0 Å². The molecule has 1 spiro atoms. The van der Waals surface area contributed by atoms with Crippen LogP contribution in [0, 0.1) is 5.41 Å². The number of piperidine rings is 1. The maximum atomic E-state index is 11.2. The molecule has 0 radical (unpaired) electrons. The van der Waals surface area contributed by atoms with Gasteiger partial charge in [0, 0.05) is 36.8 Å². The summed E-state index contributed by atoms with van der Waals surface area (Å²) in [6, 6.07) is 3.47. The molecule has 3 rings (SSSR count). The number of carbonyl (C=O) groups is 1. The Balaban J connectivity index is 1.77. The van der Waals surface area contributed by atoms with Crippen molar-refractivity contribution in [3.05, 3.63) is 23.9 Å². The molecule has 102 valence electrons. The normalized spacial score (nSPS) is 26.8. The van der Waals surface area contributed by atoms with Crippen molar-refractivity contribution >= 4 is 11.7 Å². The number of pyridine rings is 1. The lowest BCUT2D eigenvalue weighted by atomic mass is 9.80. The average molecular weight is 260 g/mol. The van der Waals surface area contributed by atoms with Crippen molar-refractivity contribution in [3.63, 3.8) is 0 Å². The van der Waals surface area contributed by atoms with E-state index in [-0.39, 0.29) is 0 Å². The third-order valence-corrected chi connectivity index (χ3v) is 4.35. The molecule has 2 aliphatic heterocycles. The summed E-state index contributed by atoms with van der Waals surface area (Å²) in [6.45, 7) is 4.27. The molecule has 1 atom stereocenters. The first-order valence-corrected chi connectivity index (χ1v) is 6.90. The largest absolute Gasteiger partial charge is 0.366 e. The molecule has 3 N–H and O–H groups in total. The fourth-order valence-corrected chi connectivity index (χ4v) is 3.25. The predicted octanol–water partition coefficient (Wildman–Crippen LogP) is 0.760.